The molecule has 1 fully saturated rings. The van der Waals surface area contributed by atoms with E-state index in [0.29, 0.717) is 6.42 Å². The van der Waals surface area contributed by atoms with Crippen molar-refractivity contribution in [1.82, 2.24) is 63.4 Å². The van der Waals surface area contributed by atoms with Crippen molar-refractivity contribution in [3.63, 3.8) is 0 Å². The van der Waals surface area contributed by atoms with Crippen LogP contribution in [0.3, 0.4) is 0 Å². The molecule has 1 aliphatic heterocycles. The van der Waals surface area contributed by atoms with E-state index in [-0.39, 0.29) is 62.9 Å². The van der Waals surface area contributed by atoms with Crippen molar-refractivity contribution in [3.8, 4) is 0 Å². The summed E-state index contributed by atoms with van der Waals surface area (Å²) >= 11 is 0. The molecule has 0 aromatic heterocycles. The number of nitrogens with two attached hydrogens (primary N) is 2. The molecule has 86 heavy (non-hydrogen) atoms. The summed E-state index contributed by atoms with van der Waals surface area (Å²) in [6, 6.07) is -15.4. The predicted molar refractivity (Wildman–Crippen MR) is 306 cm³/mol. The van der Waals surface area contributed by atoms with E-state index in [1.165, 1.54) is 32.6 Å². The third-order valence-electron chi connectivity index (χ3n) is 13.4. The number of amides is 13. The number of carbonyl (C=O) groups is 15. The number of aliphatic hydroxyl groups excluding tert-OH is 1. The summed E-state index contributed by atoms with van der Waals surface area (Å²) in [5.41, 5.74) is 10.7. The molecule has 32 heteroatoms. The Morgan fingerprint density at radius 3 is 1.38 bits per heavy atom. The highest BCUT2D eigenvalue weighted by Gasteiger charge is 2.40. The van der Waals surface area contributed by atoms with E-state index in [1.807, 2.05) is 0 Å². The maximum Gasteiger partial charge on any atom is 0.326 e. The quantitative estimate of drug-likeness (QED) is 0.0277. The Kier molecular flexibility index (Phi) is 32.5. The van der Waals surface area contributed by atoms with E-state index < -0.39 is 187 Å². The van der Waals surface area contributed by atoms with E-state index in [9.17, 15) is 82.1 Å². The summed E-state index contributed by atoms with van der Waals surface area (Å²) in [6.45, 7) is 17.9. The first-order valence-corrected chi connectivity index (χ1v) is 28.6. The molecule has 18 N–H and O–H groups in total. The second-order valence-corrected chi connectivity index (χ2v) is 23.0. The molecule has 12 atom stereocenters. The molecule has 1 rings (SSSR count). The minimum Gasteiger partial charge on any atom is -0.481 e. The zero-order chi connectivity index (χ0) is 66.0. The molecule has 0 aromatic carbocycles. The van der Waals surface area contributed by atoms with Crippen molar-refractivity contribution in [2.75, 3.05) is 19.6 Å². The summed E-state index contributed by atoms with van der Waals surface area (Å²) in [4.78, 5) is 196. The van der Waals surface area contributed by atoms with Gasteiger partial charge in [-0.2, -0.15) is 0 Å². The Labute approximate surface area is 499 Å². The van der Waals surface area contributed by atoms with Gasteiger partial charge in [0, 0.05) is 13.0 Å². The predicted octanol–water partition coefficient (Wildman–Crippen LogP) is -5.04. The van der Waals surface area contributed by atoms with Gasteiger partial charge in [-0.1, -0.05) is 55.4 Å². The smallest absolute Gasteiger partial charge is 0.326 e. The van der Waals surface area contributed by atoms with Gasteiger partial charge in [-0.25, -0.2) is 4.79 Å². The summed E-state index contributed by atoms with van der Waals surface area (Å²) < 4.78 is 0. The highest BCUT2D eigenvalue weighted by Crippen LogP contribution is 2.20. The van der Waals surface area contributed by atoms with Gasteiger partial charge in [0.1, 0.15) is 66.5 Å². The number of nitrogens with zero attached hydrogens (tertiary/aromatic N) is 1. The van der Waals surface area contributed by atoms with Crippen LogP contribution in [0, 0.1) is 23.7 Å². The number of rotatable bonds is 37. The Morgan fingerprint density at radius 1 is 0.500 bits per heavy atom. The van der Waals surface area contributed by atoms with Gasteiger partial charge in [-0.3, -0.25) is 67.1 Å². The first kappa shape index (κ1) is 76.0. The van der Waals surface area contributed by atoms with Crippen LogP contribution in [0.25, 0.3) is 0 Å². The van der Waals surface area contributed by atoms with Gasteiger partial charge in [0.15, 0.2) is 0 Å². The maximum absolute atomic E-state index is 14.1. The number of hydrogen-bond donors (Lipinski definition) is 16. The van der Waals surface area contributed by atoms with Crippen LogP contribution < -0.4 is 70.0 Å². The molecule has 1 heterocycles. The molecule has 0 spiro atoms. The fourth-order valence-electron chi connectivity index (χ4n) is 8.78. The van der Waals surface area contributed by atoms with Crippen LogP contribution >= 0.6 is 0 Å². The monoisotopic (exact) mass is 1220 g/mol. The first-order chi connectivity index (χ1) is 39.9. The largest absolute Gasteiger partial charge is 0.481 e. The second-order valence-electron chi connectivity index (χ2n) is 23.0. The van der Waals surface area contributed by atoms with Gasteiger partial charge >= 0.3 is 11.9 Å². The summed E-state index contributed by atoms with van der Waals surface area (Å²) in [6.07, 6.45) is -2.79. The third-order valence-corrected chi connectivity index (χ3v) is 13.4. The molecule has 0 radical (unpaired) electrons. The van der Waals surface area contributed by atoms with Crippen LogP contribution in [0.5, 0.6) is 0 Å². The Hall–Kier alpha value is -8.03. The van der Waals surface area contributed by atoms with E-state index in [0.717, 1.165) is 0 Å². The fourth-order valence-corrected chi connectivity index (χ4v) is 8.78. The van der Waals surface area contributed by atoms with Crippen LogP contribution in [0.1, 0.15) is 134 Å². The van der Waals surface area contributed by atoms with Crippen molar-refractivity contribution in [2.45, 2.75) is 207 Å². The highest BCUT2D eigenvalue weighted by molar-refractivity contribution is 5.99. The lowest BCUT2D eigenvalue weighted by molar-refractivity contribution is -0.147. The molecule has 0 bridgehead atoms. The molecule has 0 aromatic rings. The lowest BCUT2D eigenvalue weighted by Gasteiger charge is -2.30. The Balaban J connectivity index is 3.21. The highest BCUT2D eigenvalue weighted by atomic mass is 16.4. The minimum absolute atomic E-state index is 0.0142. The molecular weight excluding hydrogens is 1130 g/mol. The van der Waals surface area contributed by atoms with E-state index in [2.05, 4.69) is 58.5 Å². The molecular formula is C54H92N14O18. The Bertz CT molecular complexity index is 2440. The number of carboxylic acid groups (broad SMARTS) is 2. The molecule has 0 unspecified atom stereocenters. The lowest BCUT2D eigenvalue weighted by atomic mass is 9.99. The first-order valence-electron chi connectivity index (χ1n) is 28.6. The van der Waals surface area contributed by atoms with Crippen molar-refractivity contribution in [2.24, 2.45) is 35.1 Å². The number of primary amides is 1. The summed E-state index contributed by atoms with van der Waals surface area (Å²) in [7, 11) is 0. The van der Waals surface area contributed by atoms with Gasteiger partial charge < -0.3 is 90.2 Å². The lowest BCUT2D eigenvalue weighted by Crippen LogP contribution is -2.62. The molecule has 1 saturated heterocycles. The van der Waals surface area contributed by atoms with Crippen molar-refractivity contribution >= 4 is 88.7 Å². The zero-order valence-corrected chi connectivity index (χ0v) is 51.1. The molecule has 32 nitrogen and oxygen atoms in total. The third kappa shape index (κ3) is 26.9. The van der Waals surface area contributed by atoms with Gasteiger partial charge in [0.05, 0.1) is 25.6 Å². The number of carboxylic acids is 2. The Morgan fingerprint density at radius 2 is 0.930 bits per heavy atom. The van der Waals surface area contributed by atoms with Crippen LogP contribution in [-0.2, 0) is 71.9 Å². The topological polar surface area (TPSA) is 504 Å². The van der Waals surface area contributed by atoms with Crippen LogP contribution in [0.2, 0.25) is 0 Å². The van der Waals surface area contributed by atoms with Crippen molar-refractivity contribution < 1.29 is 87.2 Å². The molecule has 1 aliphatic rings. The minimum atomic E-state index is -1.79. The number of likely N-dealkylation sites (tertiary alicyclic amines) is 1. The van der Waals surface area contributed by atoms with Crippen molar-refractivity contribution in [3.05, 3.63) is 0 Å². The van der Waals surface area contributed by atoms with Crippen LogP contribution in [-0.4, -0.2) is 201 Å². The molecule has 13 amide bonds. The average molecular weight is 1230 g/mol. The van der Waals surface area contributed by atoms with Gasteiger partial charge in [-0.15, -0.1) is 0 Å². The maximum atomic E-state index is 14.1. The average Bonchev–Trinajstić information content (AvgIpc) is 3.97. The zero-order valence-electron chi connectivity index (χ0n) is 51.1. The molecule has 0 saturated carbocycles. The van der Waals surface area contributed by atoms with Crippen molar-refractivity contribution in [1.29, 1.82) is 0 Å². The number of aliphatic carboxylic acids is 2. The second kappa shape index (κ2) is 36.7. The number of nitrogens with one attached hydrogen (secondary N) is 11. The molecule has 486 valence electrons. The van der Waals surface area contributed by atoms with Gasteiger partial charge in [0.25, 0.3) is 0 Å². The normalized spacial score (nSPS) is 16.9. The SMILES string of the molecule is CC(C)C[C@H](NC(=O)[C@H](C)NC(=O)[C@@H]1CCCN1C(=O)[C@H](C)NC(=O)[C@H](C)NC(=O)[C@H](CCC(N)=O)NC(=O)[C@H](CC(C)C)NC(=O)[C@H](CC(C)C)NC(=O)[C@@H](NC(=O)[C@@H](NC(=O)CNC(=O)CN)C(C)C)[C@@H](C)O)C(=O)N[C@@H](CC(=O)O)C(=O)O. The van der Waals surface area contributed by atoms with Gasteiger partial charge in [0.2, 0.25) is 76.8 Å². The number of hydrogen-bond acceptors (Lipinski definition) is 17. The fraction of sp³-hybridized carbons (Fsp3) is 0.722. The van der Waals surface area contributed by atoms with E-state index in [4.69, 9.17) is 16.6 Å². The van der Waals surface area contributed by atoms with Crippen LogP contribution in [0.15, 0.2) is 0 Å². The van der Waals surface area contributed by atoms with E-state index >= 15 is 0 Å². The standard InChI is InChI=1S/C54H92N14O18/c1-24(2)18-33(49(80)65-36(54(85)86)21-41(73)74)62-45(76)29(10)59-50(81)37-14-13-17-68(37)53(84)30(11)60-44(75)28(9)58-46(77)32(15-16-38(56)70)61-47(78)34(19-25(3)4)63-48(79)35(20-26(5)6)64-52(83)43(31(12)69)67-51(82)42(27(7)8)66-40(72)23-57-39(71)22-55/h24-37,42-43,69H,13-23,55H2,1-12H3,(H2,56,70)(H,57,71)(H,58,77)(H,59,81)(H,60,75)(H,61,78)(H,62,76)(H,63,79)(H,64,83)(H,65,80)(H,66,72)(H,67,82)(H,73,74)(H,85,86)/t28-,29-,30-,31+,32-,33-,34-,35-,36-,37-,42-,43-/m0/s1. The summed E-state index contributed by atoms with van der Waals surface area (Å²) in [5, 5.41) is 55.9. The van der Waals surface area contributed by atoms with Gasteiger partial charge in [-0.05, 0) is 89.9 Å². The van der Waals surface area contributed by atoms with E-state index in [1.54, 1.807) is 55.4 Å². The molecule has 0 aliphatic carbocycles. The summed E-state index contributed by atoms with van der Waals surface area (Å²) in [5.74, 6) is -15.4. The van der Waals surface area contributed by atoms with Crippen LogP contribution in [0.4, 0.5) is 0 Å². The number of carbonyl (C=O) groups excluding carboxylic acids is 13. The number of aliphatic hydroxyl groups is 1.